The van der Waals surface area contributed by atoms with E-state index >= 15 is 0 Å². The number of amides is 1. The zero-order valence-corrected chi connectivity index (χ0v) is 15.4. The summed E-state index contributed by atoms with van der Waals surface area (Å²) in [5.74, 6) is 6.66. The van der Waals surface area contributed by atoms with Crippen molar-refractivity contribution in [3.63, 3.8) is 0 Å². The van der Waals surface area contributed by atoms with E-state index in [-0.39, 0.29) is 12.5 Å². The molecule has 3 rings (SSSR count). The summed E-state index contributed by atoms with van der Waals surface area (Å²) >= 11 is 1.44. The summed E-state index contributed by atoms with van der Waals surface area (Å²) in [5, 5.41) is 3.61. The van der Waals surface area contributed by atoms with Gasteiger partial charge in [0, 0.05) is 19.7 Å². The molecule has 8 heteroatoms. The van der Waals surface area contributed by atoms with Gasteiger partial charge in [-0.2, -0.15) is 0 Å². The molecule has 0 saturated heterocycles. The van der Waals surface area contributed by atoms with E-state index in [1.807, 2.05) is 18.2 Å². The lowest BCUT2D eigenvalue weighted by molar-refractivity contribution is -0.107. The SMILES string of the molecule is COCOc1ccc2nc(C#Cc3ccc(N(C)C=O)c(N=O)c3)sc2c1. The highest BCUT2D eigenvalue weighted by Gasteiger charge is 2.08. The Balaban J connectivity index is 1.86. The van der Waals surface area contributed by atoms with E-state index in [1.54, 1.807) is 32.4 Å². The molecule has 0 saturated carbocycles. The number of carbonyl (C=O) groups excluding carboxylic acids is 1. The Bertz CT molecular complexity index is 1050. The highest BCUT2D eigenvalue weighted by molar-refractivity contribution is 7.19. The van der Waals surface area contributed by atoms with Crippen molar-refractivity contribution in [2.45, 2.75) is 0 Å². The number of thiazole rings is 1. The molecule has 0 spiro atoms. The third kappa shape index (κ3) is 4.28. The quantitative estimate of drug-likeness (QED) is 0.282. The fourth-order valence-electron chi connectivity index (χ4n) is 2.33. The number of ether oxygens (including phenoxy) is 2. The van der Waals surface area contributed by atoms with Crippen LogP contribution >= 0.6 is 11.3 Å². The molecule has 27 heavy (non-hydrogen) atoms. The molecule has 0 aliphatic heterocycles. The van der Waals surface area contributed by atoms with Crippen LogP contribution in [0.2, 0.25) is 0 Å². The molecule has 7 nitrogen and oxygen atoms in total. The Morgan fingerprint density at radius 3 is 2.85 bits per heavy atom. The van der Waals surface area contributed by atoms with Crippen LogP contribution in [0.3, 0.4) is 0 Å². The fraction of sp³-hybridized carbons (Fsp3) is 0.158. The van der Waals surface area contributed by atoms with Gasteiger partial charge in [-0.3, -0.25) is 4.79 Å². The first-order valence-electron chi connectivity index (χ1n) is 7.84. The normalized spacial score (nSPS) is 10.1. The molecule has 0 bridgehead atoms. The second-order valence-electron chi connectivity index (χ2n) is 5.46. The van der Waals surface area contributed by atoms with Gasteiger partial charge in [-0.25, -0.2) is 4.98 Å². The van der Waals surface area contributed by atoms with Gasteiger partial charge in [-0.05, 0) is 47.5 Å². The van der Waals surface area contributed by atoms with Crippen molar-refractivity contribution in [3.8, 4) is 17.6 Å². The van der Waals surface area contributed by atoms with Crippen molar-refractivity contribution in [2.75, 3.05) is 25.9 Å². The van der Waals surface area contributed by atoms with E-state index in [1.165, 1.54) is 16.2 Å². The lowest BCUT2D eigenvalue weighted by Gasteiger charge is -2.11. The highest BCUT2D eigenvalue weighted by atomic mass is 32.1. The van der Waals surface area contributed by atoms with Crippen molar-refractivity contribution in [3.05, 3.63) is 51.9 Å². The summed E-state index contributed by atoms with van der Waals surface area (Å²) in [6.07, 6.45) is 0.612. The van der Waals surface area contributed by atoms with Crippen LogP contribution in [0.15, 0.2) is 41.6 Å². The molecule has 1 aromatic heterocycles. The zero-order valence-electron chi connectivity index (χ0n) is 14.6. The van der Waals surface area contributed by atoms with Crippen molar-refractivity contribution in [2.24, 2.45) is 5.18 Å². The number of anilines is 1. The number of nitroso groups, excluding NO2 is 1. The standard InChI is InChI=1S/C19H15N3O4S/c1-22(11-23)17-7-3-13(9-16(17)21-24)4-8-19-20-15-6-5-14(26-12-25-2)10-18(15)27-19/h3,5-7,9-11H,12H2,1-2H3. The van der Waals surface area contributed by atoms with Crippen LogP contribution < -0.4 is 9.64 Å². The van der Waals surface area contributed by atoms with Crippen LogP contribution in [0.4, 0.5) is 11.4 Å². The number of aromatic nitrogens is 1. The Morgan fingerprint density at radius 1 is 1.26 bits per heavy atom. The van der Waals surface area contributed by atoms with E-state index in [2.05, 4.69) is 22.0 Å². The van der Waals surface area contributed by atoms with Crippen LogP contribution in [-0.4, -0.2) is 32.3 Å². The smallest absolute Gasteiger partial charge is 0.213 e. The molecule has 0 N–H and O–H groups in total. The number of hydrogen-bond acceptors (Lipinski definition) is 7. The summed E-state index contributed by atoms with van der Waals surface area (Å²) in [6.45, 7) is 0.180. The van der Waals surface area contributed by atoms with Crippen LogP contribution in [0.25, 0.3) is 10.2 Å². The molecule has 1 amide bonds. The Hall–Kier alpha value is -3.28. The largest absolute Gasteiger partial charge is 0.468 e. The molecule has 0 atom stereocenters. The van der Waals surface area contributed by atoms with Crippen LogP contribution in [-0.2, 0) is 9.53 Å². The number of fused-ring (bicyclic) bond motifs is 1. The van der Waals surface area contributed by atoms with Crippen LogP contribution in [0, 0.1) is 16.7 Å². The molecule has 3 aromatic rings. The molecule has 136 valence electrons. The van der Waals surface area contributed by atoms with Crippen LogP contribution in [0.5, 0.6) is 5.75 Å². The second-order valence-corrected chi connectivity index (χ2v) is 6.49. The maximum absolute atomic E-state index is 11.0. The van der Waals surface area contributed by atoms with Crippen molar-refractivity contribution < 1.29 is 14.3 Å². The topological polar surface area (TPSA) is 81.1 Å². The second kappa shape index (κ2) is 8.40. The summed E-state index contributed by atoms with van der Waals surface area (Å²) in [5.41, 5.74) is 2.01. The molecule has 2 aromatic carbocycles. The zero-order chi connectivity index (χ0) is 19.2. The summed E-state index contributed by atoms with van der Waals surface area (Å²) in [7, 11) is 3.11. The minimum Gasteiger partial charge on any atom is -0.468 e. The van der Waals surface area contributed by atoms with Gasteiger partial charge in [-0.1, -0.05) is 5.92 Å². The summed E-state index contributed by atoms with van der Waals surface area (Å²) in [4.78, 5) is 27.6. The Labute approximate surface area is 159 Å². The molecule has 0 aliphatic carbocycles. The Morgan fingerprint density at radius 2 is 2.11 bits per heavy atom. The maximum Gasteiger partial charge on any atom is 0.213 e. The predicted molar refractivity (Wildman–Crippen MR) is 104 cm³/mol. The predicted octanol–water partition coefficient (Wildman–Crippen LogP) is 3.67. The average molecular weight is 381 g/mol. The van der Waals surface area contributed by atoms with Gasteiger partial charge in [-0.15, -0.1) is 16.2 Å². The van der Waals surface area contributed by atoms with E-state index in [4.69, 9.17) is 9.47 Å². The van der Waals surface area contributed by atoms with Gasteiger partial charge < -0.3 is 14.4 Å². The van der Waals surface area contributed by atoms with E-state index < -0.39 is 0 Å². The van der Waals surface area contributed by atoms with Gasteiger partial charge in [0.1, 0.15) is 11.4 Å². The molecule has 1 heterocycles. The first-order valence-corrected chi connectivity index (χ1v) is 8.66. The van der Waals surface area contributed by atoms with E-state index in [9.17, 15) is 9.70 Å². The van der Waals surface area contributed by atoms with E-state index in [0.29, 0.717) is 28.4 Å². The van der Waals surface area contributed by atoms with Crippen molar-refractivity contribution in [1.82, 2.24) is 4.98 Å². The van der Waals surface area contributed by atoms with Gasteiger partial charge in [0.15, 0.2) is 11.8 Å². The minimum atomic E-state index is 0.153. The molecular formula is C19H15N3O4S. The van der Waals surface area contributed by atoms with Crippen LogP contribution in [0.1, 0.15) is 10.6 Å². The number of rotatable bonds is 6. The lowest BCUT2D eigenvalue weighted by atomic mass is 10.1. The molecular weight excluding hydrogens is 366 g/mol. The molecule has 0 radical (unpaired) electrons. The molecule has 0 fully saturated rings. The first-order chi connectivity index (χ1) is 13.1. The lowest BCUT2D eigenvalue weighted by Crippen LogP contribution is -2.13. The average Bonchev–Trinajstić information content (AvgIpc) is 3.12. The molecule has 0 aliphatic rings. The number of hydrogen-bond donors (Lipinski definition) is 0. The highest BCUT2D eigenvalue weighted by Crippen LogP contribution is 2.29. The van der Waals surface area contributed by atoms with Crippen molar-refractivity contribution >= 4 is 39.3 Å². The minimum absolute atomic E-state index is 0.153. The monoisotopic (exact) mass is 381 g/mol. The number of methoxy groups -OCH3 is 1. The third-order valence-electron chi connectivity index (χ3n) is 3.63. The van der Waals surface area contributed by atoms with Gasteiger partial charge in [0.25, 0.3) is 0 Å². The maximum atomic E-state index is 11.0. The van der Waals surface area contributed by atoms with Crippen molar-refractivity contribution in [1.29, 1.82) is 0 Å². The number of nitrogens with zero attached hydrogens (tertiary/aromatic N) is 3. The van der Waals surface area contributed by atoms with E-state index in [0.717, 1.165) is 10.2 Å². The first kappa shape index (κ1) is 18.5. The summed E-state index contributed by atoms with van der Waals surface area (Å²) in [6, 6.07) is 10.5. The third-order valence-corrected chi connectivity index (χ3v) is 4.56. The van der Waals surface area contributed by atoms with Gasteiger partial charge in [0.05, 0.1) is 15.9 Å². The molecule has 0 unspecified atom stereocenters. The Kier molecular flexibility index (Phi) is 5.76. The number of benzene rings is 2. The number of carbonyl (C=O) groups is 1. The fourth-order valence-corrected chi connectivity index (χ4v) is 3.18. The summed E-state index contributed by atoms with van der Waals surface area (Å²) < 4.78 is 11.3. The van der Waals surface area contributed by atoms with Gasteiger partial charge >= 0.3 is 0 Å². The van der Waals surface area contributed by atoms with Gasteiger partial charge in [0.2, 0.25) is 6.41 Å².